The SMILES string of the molecule is O=C(Nc1cncc(-c2cnc3[nH]nc(-c4nc5c(-c6ccsc6)cccc5[nH]4)c3c2)c1)C1CC1. The molecule has 1 aromatic carbocycles. The molecule has 9 heteroatoms. The number of pyridine rings is 2. The van der Waals surface area contributed by atoms with Crippen LogP contribution in [-0.2, 0) is 4.79 Å². The first-order valence-corrected chi connectivity index (χ1v) is 12.3. The molecular formula is C26H19N7OS. The largest absolute Gasteiger partial charge is 0.337 e. The average molecular weight is 478 g/mol. The highest BCUT2D eigenvalue weighted by atomic mass is 32.1. The first-order chi connectivity index (χ1) is 17.2. The minimum Gasteiger partial charge on any atom is -0.337 e. The van der Waals surface area contributed by atoms with Gasteiger partial charge in [-0.05, 0) is 53.4 Å². The molecule has 0 radical (unpaired) electrons. The molecule has 1 amide bonds. The molecule has 35 heavy (non-hydrogen) atoms. The number of nitrogens with one attached hydrogen (secondary N) is 3. The Balaban J connectivity index is 1.29. The van der Waals surface area contributed by atoms with Crippen LogP contribution in [0.1, 0.15) is 12.8 Å². The summed E-state index contributed by atoms with van der Waals surface area (Å²) < 4.78 is 0. The van der Waals surface area contributed by atoms with Crippen LogP contribution in [0.3, 0.4) is 0 Å². The number of carbonyl (C=O) groups excluding carboxylic acids is 1. The number of hydrogen-bond acceptors (Lipinski definition) is 6. The van der Waals surface area contributed by atoms with Crippen molar-refractivity contribution in [3.05, 3.63) is 65.7 Å². The maximum Gasteiger partial charge on any atom is 0.227 e. The topological polar surface area (TPSA) is 112 Å². The number of para-hydroxylation sites is 1. The van der Waals surface area contributed by atoms with Crippen molar-refractivity contribution < 1.29 is 4.79 Å². The van der Waals surface area contributed by atoms with E-state index in [1.807, 2.05) is 24.3 Å². The van der Waals surface area contributed by atoms with Crippen molar-refractivity contribution in [1.29, 1.82) is 0 Å². The zero-order chi connectivity index (χ0) is 23.4. The third-order valence-electron chi connectivity index (χ3n) is 6.27. The van der Waals surface area contributed by atoms with Crippen molar-refractivity contribution >= 4 is 45.0 Å². The quantitative estimate of drug-likeness (QED) is 0.297. The van der Waals surface area contributed by atoms with Gasteiger partial charge in [-0.3, -0.25) is 14.9 Å². The molecule has 1 aliphatic rings. The second-order valence-electron chi connectivity index (χ2n) is 8.72. The molecule has 1 aliphatic carbocycles. The molecule has 0 atom stereocenters. The van der Waals surface area contributed by atoms with Crippen molar-refractivity contribution in [2.24, 2.45) is 5.92 Å². The predicted molar refractivity (Wildman–Crippen MR) is 137 cm³/mol. The van der Waals surface area contributed by atoms with Gasteiger partial charge in [0.15, 0.2) is 11.5 Å². The highest BCUT2D eigenvalue weighted by Crippen LogP contribution is 2.34. The summed E-state index contributed by atoms with van der Waals surface area (Å²) in [5.74, 6) is 0.868. The summed E-state index contributed by atoms with van der Waals surface area (Å²) in [6.45, 7) is 0. The molecule has 8 nitrogen and oxygen atoms in total. The number of H-pyrrole nitrogens is 2. The van der Waals surface area contributed by atoms with Crippen LogP contribution < -0.4 is 5.32 Å². The van der Waals surface area contributed by atoms with Gasteiger partial charge in [0, 0.05) is 35.0 Å². The molecule has 0 bridgehead atoms. The van der Waals surface area contributed by atoms with Gasteiger partial charge in [0.1, 0.15) is 5.69 Å². The number of aromatic amines is 2. The highest BCUT2D eigenvalue weighted by molar-refractivity contribution is 7.08. The minimum atomic E-state index is 0.0568. The van der Waals surface area contributed by atoms with Crippen LogP contribution in [-0.4, -0.2) is 36.0 Å². The van der Waals surface area contributed by atoms with Crippen LogP contribution in [0.15, 0.2) is 65.7 Å². The van der Waals surface area contributed by atoms with Crippen LogP contribution in [0.25, 0.3) is 55.8 Å². The zero-order valence-electron chi connectivity index (χ0n) is 18.4. The van der Waals surface area contributed by atoms with Crippen molar-refractivity contribution in [1.82, 2.24) is 30.1 Å². The lowest BCUT2D eigenvalue weighted by Crippen LogP contribution is -2.13. The maximum atomic E-state index is 12.2. The zero-order valence-corrected chi connectivity index (χ0v) is 19.3. The number of rotatable bonds is 5. The van der Waals surface area contributed by atoms with E-state index in [0.717, 1.165) is 51.5 Å². The Morgan fingerprint density at radius 3 is 2.83 bits per heavy atom. The monoisotopic (exact) mass is 477 g/mol. The lowest BCUT2D eigenvalue weighted by molar-refractivity contribution is -0.117. The lowest BCUT2D eigenvalue weighted by Gasteiger charge is -2.06. The molecule has 0 spiro atoms. The van der Waals surface area contributed by atoms with Gasteiger partial charge in [-0.2, -0.15) is 16.4 Å². The van der Waals surface area contributed by atoms with Crippen LogP contribution in [0.4, 0.5) is 5.69 Å². The summed E-state index contributed by atoms with van der Waals surface area (Å²) in [5.41, 5.74) is 7.90. The Hall–Kier alpha value is -4.37. The number of amides is 1. The Kier molecular flexibility index (Phi) is 4.49. The molecular weight excluding hydrogens is 458 g/mol. The normalized spacial score (nSPS) is 13.5. The molecule has 5 aromatic heterocycles. The lowest BCUT2D eigenvalue weighted by atomic mass is 10.1. The number of fused-ring (bicyclic) bond motifs is 2. The fourth-order valence-electron chi connectivity index (χ4n) is 4.29. The van der Waals surface area contributed by atoms with Gasteiger partial charge in [0.2, 0.25) is 5.91 Å². The third-order valence-corrected chi connectivity index (χ3v) is 6.96. The molecule has 1 fully saturated rings. The van der Waals surface area contributed by atoms with Crippen LogP contribution in [0, 0.1) is 5.92 Å². The van der Waals surface area contributed by atoms with Crippen LogP contribution in [0.5, 0.6) is 0 Å². The summed E-state index contributed by atoms with van der Waals surface area (Å²) in [6.07, 6.45) is 7.13. The standard InChI is InChI=1S/C26H19N7OS/c34-26(14-4-5-14)29-18-8-16(10-27-12-18)17-9-20-23(32-33-24(20)28-11-17)25-30-21-3-1-2-19(22(21)31-25)15-6-7-35-13-15/h1-3,6-14H,4-5H2,(H,29,34)(H,30,31)(H,28,32,33). The summed E-state index contributed by atoms with van der Waals surface area (Å²) in [6, 6.07) is 12.2. The van der Waals surface area contributed by atoms with E-state index in [0.29, 0.717) is 22.9 Å². The van der Waals surface area contributed by atoms with E-state index in [1.165, 1.54) is 0 Å². The van der Waals surface area contributed by atoms with Crippen LogP contribution in [0.2, 0.25) is 0 Å². The molecule has 6 aromatic rings. The number of nitrogens with zero attached hydrogens (tertiary/aromatic N) is 4. The van der Waals surface area contributed by atoms with Gasteiger partial charge >= 0.3 is 0 Å². The Labute approximate surface area is 203 Å². The first-order valence-electron chi connectivity index (χ1n) is 11.3. The first kappa shape index (κ1) is 20.0. The number of imidazole rings is 1. The molecule has 1 saturated carbocycles. The number of benzene rings is 1. The number of aromatic nitrogens is 6. The molecule has 0 unspecified atom stereocenters. The van der Waals surface area contributed by atoms with Crippen molar-refractivity contribution in [2.45, 2.75) is 12.8 Å². The molecule has 3 N–H and O–H groups in total. The maximum absolute atomic E-state index is 12.2. The van der Waals surface area contributed by atoms with Gasteiger partial charge in [0.25, 0.3) is 0 Å². The molecule has 170 valence electrons. The van der Waals surface area contributed by atoms with E-state index in [2.05, 4.69) is 53.4 Å². The summed E-state index contributed by atoms with van der Waals surface area (Å²) in [5, 5.41) is 15.5. The van der Waals surface area contributed by atoms with Crippen molar-refractivity contribution in [3.8, 4) is 33.8 Å². The summed E-state index contributed by atoms with van der Waals surface area (Å²) >= 11 is 1.67. The Morgan fingerprint density at radius 2 is 1.97 bits per heavy atom. The molecule has 7 rings (SSSR count). The van der Waals surface area contributed by atoms with Gasteiger partial charge < -0.3 is 10.3 Å². The number of thiophene rings is 1. The number of anilines is 1. The fraction of sp³-hybridized carbons (Fsp3) is 0.115. The molecule has 0 aliphatic heterocycles. The van der Waals surface area contributed by atoms with Gasteiger partial charge in [-0.1, -0.05) is 12.1 Å². The highest BCUT2D eigenvalue weighted by Gasteiger charge is 2.29. The second-order valence-corrected chi connectivity index (χ2v) is 9.50. The Morgan fingerprint density at radius 1 is 1.06 bits per heavy atom. The van der Waals surface area contributed by atoms with E-state index < -0.39 is 0 Å². The molecule has 0 saturated heterocycles. The van der Waals surface area contributed by atoms with E-state index in [4.69, 9.17) is 4.98 Å². The van der Waals surface area contributed by atoms with E-state index in [1.54, 1.807) is 29.9 Å². The summed E-state index contributed by atoms with van der Waals surface area (Å²) in [7, 11) is 0. The fourth-order valence-corrected chi connectivity index (χ4v) is 4.95. The predicted octanol–water partition coefficient (Wildman–Crippen LogP) is 5.64. The van der Waals surface area contributed by atoms with Crippen molar-refractivity contribution in [3.63, 3.8) is 0 Å². The number of carbonyl (C=O) groups is 1. The van der Waals surface area contributed by atoms with Gasteiger partial charge in [-0.25, -0.2) is 9.97 Å². The Bertz CT molecular complexity index is 1710. The third kappa shape index (κ3) is 3.57. The second kappa shape index (κ2) is 7.85. The van der Waals surface area contributed by atoms with E-state index >= 15 is 0 Å². The average Bonchev–Trinajstić information content (AvgIpc) is 3.26. The minimum absolute atomic E-state index is 0.0568. The summed E-state index contributed by atoms with van der Waals surface area (Å²) in [4.78, 5) is 29.4. The van der Waals surface area contributed by atoms with Gasteiger partial charge in [0.05, 0.1) is 28.3 Å². The van der Waals surface area contributed by atoms with Crippen molar-refractivity contribution in [2.75, 3.05) is 5.32 Å². The van der Waals surface area contributed by atoms with E-state index in [-0.39, 0.29) is 11.8 Å². The smallest absolute Gasteiger partial charge is 0.227 e. The number of hydrogen-bond donors (Lipinski definition) is 3. The molecule has 5 heterocycles. The van der Waals surface area contributed by atoms with E-state index in [9.17, 15) is 4.79 Å². The van der Waals surface area contributed by atoms with Crippen LogP contribution >= 0.6 is 11.3 Å². The van der Waals surface area contributed by atoms with Gasteiger partial charge in [-0.15, -0.1) is 0 Å².